The molecule has 0 atom stereocenters. The lowest BCUT2D eigenvalue weighted by Crippen LogP contribution is -1.87. The Morgan fingerprint density at radius 2 is 2.00 bits per heavy atom. The standard InChI is InChI=1S/C12H22O2/c1-2-7-12(9-11-14)8-5-3-4-6-10-13/h6,9-10,13-14H,2-5,7-8,11H2,1H3/b10-6+,12-9?. The first-order chi connectivity index (χ1) is 6.85. The molecule has 0 spiro atoms. The van der Waals surface area contributed by atoms with Gasteiger partial charge in [0.25, 0.3) is 0 Å². The maximum Gasteiger partial charge on any atom is 0.0751 e. The van der Waals surface area contributed by atoms with E-state index in [1.165, 1.54) is 5.57 Å². The number of hydrogen-bond donors (Lipinski definition) is 2. The number of allylic oxidation sites excluding steroid dienone is 2. The third kappa shape index (κ3) is 7.87. The lowest BCUT2D eigenvalue weighted by atomic mass is 10.0. The zero-order chi connectivity index (χ0) is 10.6. The van der Waals surface area contributed by atoms with Crippen LogP contribution in [-0.2, 0) is 0 Å². The molecule has 0 aliphatic carbocycles. The Hall–Kier alpha value is -0.760. The smallest absolute Gasteiger partial charge is 0.0751 e. The van der Waals surface area contributed by atoms with Crippen LogP contribution in [-0.4, -0.2) is 16.8 Å². The molecule has 0 aliphatic rings. The Morgan fingerprint density at radius 3 is 2.57 bits per heavy atom. The summed E-state index contributed by atoms with van der Waals surface area (Å²) in [6.45, 7) is 2.31. The summed E-state index contributed by atoms with van der Waals surface area (Å²) in [6, 6.07) is 0. The maximum atomic E-state index is 8.78. The zero-order valence-corrected chi connectivity index (χ0v) is 9.08. The Labute approximate surface area is 87.0 Å². The van der Waals surface area contributed by atoms with E-state index in [2.05, 4.69) is 6.92 Å². The van der Waals surface area contributed by atoms with Gasteiger partial charge < -0.3 is 10.2 Å². The molecule has 0 aromatic heterocycles. The summed E-state index contributed by atoms with van der Waals surface area (Å²) in [7, 11) is 0. The Balaban J connectivity index is 3.55. The lowest BCUT2D eigenvalue weighted by molar-refractivity contribution is 0.341. The van der Waals surface area contributed by atoms with Crippen molar-refractivity contribution in [2.24, 2.45) is 0 Å². The molecule has 0 saturated carbocycles. The molecule has 0 rings (SSSR count). The summed E-state index contributed by atoms with van der Waals surface area (Å²) >= 11 is 0. The highest BCUT2D eigenvalue weighted by Gasteiger charge is 1.95. The average Bonchev–Trinajstić information content (AvgIpc) is 2.18. The van der Waals surface area contributed by atoms with Crippen molar-refractivity contribution in [1.29, 1.82) is 0 Å². The van der Waals surface area contributed by atoms with Crippen molar-refractivity contribution < 1.29 is 10.2 Å². The fraction of sp³-hybridized carbons (Fsp3) is 0.667. The third-order valence-corrected chi connectivity index (χ3v) is 2.18. The summed E-state index contributed by atoms with van der Waals surface area (Å²) in [4.78, 5) is 0. The van der Waals surface area contributed by atoms with E-state index in [1.807, 2.05) is 6.08 Å². The number of aliphatic hydroxyl groups excluding tert-OH is 2. The molecule has 0 bridgehead atoms. The quantitative estimate of drug-likeness (QED) is 0.357. The molecule has 82 valence electrons. The lowest BCUT2D eigenvalue weighted by Gasteiger charge is -2.04. The molecule has 2 nitrogen and oxygen atoms in total. The fourth-order valence-electron chi connectivity index (χ4n) is 1.47. The van der Waals surface area contributed by atoms with Crippen molar-refractivity contribution in [3.63, 3.8) is 0 Å². The van der Waals surface area contributed by atoms with Crippen LogP contribution in [0.2, 0.25) is 0 Å². The Morgan fingerprint density at radius 1 is 1.21 bits per heavy atom. The van der Waals surface area contributed by atoms with Gasteiger partial charge in [-0.2, -0.15) is 0 Å². The van der Waals surface area contributed by atoms with Crippen LogP contribution in [0.4, 0.5) is 0 Å². The van der Waals surface area contributed by atoms with Gasteiger partial charge in [-0.3, -0.25) is 0 Å². The molecule has 14 heavy (non-hydrogen) atoms. The van der Waals surface area contributed by atoms with Gasteiger partial charge in [0.05, 0.1) is 12.9 Å². The van der Waals surface area contributed by atoms with E-state index in [1.54, 1.807) is 6.08 Å². The Kier molecular flexibility index (Phi) is 9.76. The molecule has 0 aromatic rings. The minimum atomic E-state index is 0.159. The average molecular weight is 198 g/mol. The molecule has 2 heteroatoms. The highest BCUT2D eigenvalue weighted by atomic mass is 16.2. The largest absolute Gasteiger partial charge is 0.516 e. The molecule has 2 N–H and O–H groups in total. The van der Waals surface area contributed by atoms with E-state index in [0.29, 0.717) is 0 Å². The number of hydrogen-bond acceptors (Lipinski definition) is 2. The summed E-state index contributed by atoms with van der Waals surface area (Å²) in [6.07, 6.45) is 11.3. The van der Waals surface area contributed by atoms with Gasteiger partial charge in [0.2, 0.25) is 0 Å². The highest BCUT2D eigenvalue weighted by Crippen LogP contribution is 2.14. The third-order valence-electron chi connectivity index (χ3n) is 2.18. The van der Waals surface area contributed by atoms with Crippen molar-refractivity contribution in [2.45, 2.75) is 45.4 Å². The Bertz CT molecular complexity index is 171. The maximum absolute atomic E-state index is 8.78. The van der Waals surface area contributed by atoms with Crippen LogP contribution in [0.15, 0.2) is 24.0 Å². The van der Waals surface area contributed by atoms with Gasteiger partial charge >= 0.3 is 0 Å². The fourth-order valence-corrected chi connectivity index (χ4v) is 1.47. The van der Waals surface area contributed by atoms with Crippen LogP contribution in [0.1, 0.15) is 45.4 Å². The summed E-state index contributed by atoms with van der Waals surface area (Å²) in [5, 5.41) is 17.2. The second-order valence-electron chi connectivity index (χ2n) is 3.43. The molecular formula is C12H22O2. The molecule has 0 aromatic carbocycles. The van der Waals surface area contributed by atoms with Gasteiger partial charge in [-0.05, 0) is 32.1 Å². The van der Waals surface area contributed by atoms with Crippen molar-refractivity contribution in [3.05, 3.63) is 24.0 Å². The predicted octanol–water partition coefficient (Wildman–Crippen LogP) is 3.34. The van der Waals surface area contributed by atoms with Gasteiger partial charge in [0.1, 0.15) is 0 Å². The number of unbranched alkanes of at least 4 members (excludes halogenated alkanes) is 2. The van der Waals surface area contributed by atoms with Gasteiger partial charge in [-0.15, -0.1) is 0 Å². The number of aliphatic hydroxyl groups is 2. The van der Waals surface area contributed by atoms with Crippen LogP contribution in [0.25, 0.3) is 0 Å². The van der Waals surface area contributed by atoms with Crippen molar-refractivity contribution >= 4 is 0 Å². The zero-order valence-electron chi connectivity index (χ0n) is 9.08. The van der Waals surface area contributed by atoms with E-state index in [4.69, 9.17) is 10.2 Å². The highest BCUT2D eigenvalue weighted by molar-refractivity contribution is 5.01. The molecule has 0 radical (unpaired) electrons. The second kappa shape index (κ2) is 10.3. The van der Waals surface area contributed by atoms with Crippen molar-refractivity contribution in [3.8, 4) is 0 Å². The molecule has 0 heterocycles. The minimum absolute atomic E-state index is 0.159. The number of rotatable bonds is 8. The van der Waals surface area contributed by atoms with E-state index >= 15 is 0 Å². The van der Waals surface area contributed by atoms with Gasteiger partial charge in [0, 0.05) is 0 Å². The summed E-state index contributed by atoms with van der Waals surface area (Å²) < 4.78 is 0. The van der Waals surface area contributed by atoms with Crippen LogP contribution in [0.5, 0.6) is 0 Å². The van der Waals surface area contributed by atoms with E-state index < -0.39 is 0 Å². The van der Waals surface area contributed by atoms with Gasteiger partial charge in [0.15, 0.2) is 0 Å². The predicted molar refractivity (Wildman–Crippen MR) is 60.3 cm³/mol. The van der Waals surface area contributed by atoms with Crippen molar-refractivity contribution in [1.82, 2.24) is 0 Å². The van der Waals surface area contributed by atoms with Gasteiger partial charge in [-0.25, -0.2) is 0 Å². The van der Waals surface area contributed by atoms with Gasteiger partial charge in [-0.1, -0.05) is 31.1 Å². The molecule has 0 saturated heterocycles. The second-order valence-corrected chi connectivity index (χ2v) is 3.43. The molecule has 0 amide bonds. The molecule has 0 unspecified atom stereocenters. The van der Waals surface area contributed by atoms with Crippen LogP contribution in [0.3, 0.4) is 0 Å². The van der Waals surface area contributed by atoms with E-state index in [0.717, 1.165) is 44.8 Å². The first-order valence-electron chi connectivity index (χ1n) is 5.43. The molecule has 0 fully saturated rings. The summed E-state index contributed by atoms with van der Waals surface area (Å²) in [5.41, 5.74) is 1.36. The van der Waals surface area contributed by atoms with Crippen LogP contribution >= 0.6 is 0 Å². The normalized spacial score (nSPS) is 12.6. The van der Waals surface area contributed by atoms with E-state index in [9.17, 15) is 0 Å². The summed E-state index contributed by atoms with van der Waals surface area (Å²) in [5.74, 6) is 0. The van der Waals surface area contributed by atoms with Crippen LogP contribution < -0.4 is 0 Å². The molecule has 0 aliphatic heterocycles. The minimum Gasteiger partial charge on any atom is -0.516 e. The van der Waals surface area contributed by atoms with E-state index in [-0.39, 0.29) is 6.61 Å². The molecular weight excluding hydrogens is 176 g/mol. The first kappa shape index (κ1) is 13.2. The van der Waals surface area contributed by atoms with Crippen LogP contribution in [0, 0.1) is 0 Å². The van der Waals surface area contributed by atoms with Crippen molar-refractivity contribution in [2.75, 3.05) is 6.61 Å². The SMILES string of the molecule is CCCC(=CCO)CCCC/C=C/O. The first-order valence-corrected chi connectivity index (χ1v) is 5.43. The topological polar surface area (TPSA) is 40.5 Å². The monoisotopic (exact) mass is 198 g/mol.